The van der Waals surface area contributed by atoms with Gasteiger partial charge in [-0.3, -0.25) is 9.59 Å². The van der Waals surface area contributed by atoms with Crippen molar-refractivity contribution in [3.05, 3.63) is 58.1 Å². The van der Waals surface area contributed by atoms with Crippen LogP contribution in [0.1, 0.15) is 27.1 Å². The fourth-order valence-corrected chi connectivity index (χ4v) is 2.94. The third kappa shape index (κ3) is 3.45. The van der Waals surface area contributed by atoms with Crippen molar-refractivity contribution < 1.29 is 14.3 Å². The van der Waals surface area contributed by atoms with E-state index >= 15 is 0 Å². The van der Waals surface area contributed by atoms with Crippen molar-refractivity contribution in [1.29, 1.82) is 0 Å². The molecule has 118 valence electrons. The van der Waals surface area contributed by atoms with Crippen LogP contribution in [0, 0.1) is 0 Å². The molecule has 2 aromatic rings. The van der Waals surface area contributed by atoms with Crippen molar-refractivity contribution >= 4 is 33.2 Å². The Morgan fingerprint density at radius 1 is 1.13 bits per heavy atom. The van der Waals surface area contributed by atoms with Crippen LogP contribution < -0.4 is 9.64 Å². The summed E-state index contributed by atoms with van der Waals surface area (Å²) in [5.74, 6) is 0.307. The first-order chi connectivity index (χ1) is 11.0. The smallest absolute Gasteiger partial charge is 0.170 e. The summed E-state index contributed by atoms with van der Waals surface area (Å²) >= 11 is 3.33. The number of hydrogen-bond acceptors (Lipinski definition) is 4. The summed E-state index contributed by atoms with van der Waals surface area (Å²) in [7, 11) is 1.99. The number of Topliss-reactive ketones (excluding diaryl/α,β-unsaturated/α-hetero) is 2. The molecule has 23 heavy (non-hydrogen) atoms. The average molecular weight is 374 g/mol. The van der Waals surface area contributed by atoms with Crippen molar-refractivity contribution in [2.45, 2.75) is 6.42 Å². The Kier molecular flexibility index (Phi) is 4.48. The minimum atomic E-state index is -0.199. The molecule has 5 heteroatoms. The van der Waals surface area contributed by atoms with E-state index < -0.39 is 0 Å². The first-order valence-corrected chi connectivity index (χ1v) is 8.14. The first-order valence-electron chi connectivity index (χ1n) is 7.34. The van der Waals surface area contributed by atoms with Gasteiger partial charge in [0.2, 0.25) is 0 Å². The number of carbonyl (C=O) groups excluding carboxylic acids is 2. The summed E-state index contributed by atoms with van der Waals surface area (Å²) in [6.07, 6.45) is -0.148. The Bertz CT molecular complexity index is 773. The van der Waals surface area contributed by atoms with Crippen LogP contribution in [0.4, 0.5) is 5.69 Å². The lowest BCUT2D eigenvalue weighted by molar-refractivity contribution is 0.0894. The topological polar surface area (TPSA) is 46.6 Å². The summed E-state index contributed by atoms with van der Waals surface area (Å²) < 4.78 is 6.43. The van der Waals surface area contributed by atoms with Gasteiger partial charge in [-0.25, -0.2) is 0 Å². The Balaban J connectivity index is 1.77. The number of ketones is 2. The molecule has 0 aliphatic carbocycles. The van der Waals surface area contributed by atoms with Gasteiger partial charge in [-0.05, 0) is 30.3 Å². The third-order valence-corrected chi connectivity index (χ3v) is 4.34. The molecular weight excluding hydrogens is 358 g/mol. The van der Waals surface area contributed by atoms with E-state index in [-0.39, 0.29) is 18.0 Å². The number of halogens is 1. The maximum Gasteiger partial charge on any atom is 0.170 e. The molecule has 1 heterocycles. The van der Waals surface area contributed by atoms with E-state index in [4.69, 9.17) is 4.74 Å². The molecule has 0 saturated heterocycles. The lowest BCUT2D eigenvalue weighted by Crippen LogP contribution is -2.28. The molecule has 1 aliphatic heterocycles. The molecule has 0 atom stereocenters. The van der Waals surface area contributed by atoms with Gasteiger partial charge in [0, 0.05) is 22.6 Å². The van der Waals surface area contributed by atoms with Crippen LogP contribution >= 0.6 is 15.9 Å². The fraction of sp³-hybridized carbons (Fsp3) is 0.222. The number of nitrogens with zero attached hydrogens (tertiary/aromatic N) is 1. The highest BCUT2D eigenvalue weighted by Gasteiger charge is 2.19. The van der Waals surface area contributed by atoms with Gasteiger partial charge in [-0.2, -0.15) is 0 Å². The van der Waals surface area contributed by atoms with Crippen LogP contribution in [0.25, 0.3) is 0 Å². The zero-order valence-electron chi connectivity index (χ0n) is 12.7. The number of fused-ring (bicyclic) bond motifs is 1. The standard InChI is InChI=1S/C18H16BrNO3/c1-20-7-8-23-18-10-13(5-6-15(18)20)17(22)11-16(21)12-3-2-4-14(19)9-12/h2-6,9-10H,7-8,11H2,1H3. The van der Waals surface area contributed by atoms with Gasteiger partial charge in [0.25, 0.3) is 0 Å². The van der Waals surface area contributed by atoms with Gasteiger partial charge in [0.05, 0.1) is 18.7 Å². The molecule has 0 aromatic heterocycles. The number of likely N-dealkylation sites (N-methyl/N-ethyl adjacent to an activating group) is 1. The number of anilines is 1. The molecule has 4 nitrogen and oxygen atoms in total. The van der Waals surface area contributed by atoms with E-state index in [0.29, 0.717) is 23.5 Å². The maximum atomic E-state index is 12.4. The van der Waals surface area contributed by atoms with Gasteiger partial charge >= 0.3 is 0 Å². The van der Waals surface area contributed by atoms with Crippen molar-refractivity contribution in [3.8, 4) is 5.75 Å². The molecule has 2 aromatic carbocycles. The average Bonchev–Trinajstić information content (AvgIpc) is 2.54. The number of ether oxygens (including phenoxy) is 1. The molecule has 0 amide bonds. The second-order valence-electron chi connectivity index (χ2n) is 5.49. The SMILES string of the molecule is CN1CCOc2cc(C(=O)CC(=O)c3cccc(Br)c3)ccc21. The van der Waals surface area contributed by atoms with Gasteiger partial charge in [-0.15, -0.1) is 0 Å². The number of rotatable bonds is 4. The van der Waals surface area contributed by atoms with E-state index in [1.54, 1.807) is 30.3 Å². The van der Waals surface area contributed by atoms with E-state index in [2.05, 4.69) is 20.8 Å². The van der Waals surface area contributed by atoms with Crippen molar-refractivity contribution in [2.75, 3.05) is 25.1 Å². The van der Waals surface area contributed by atoms with Gasteiger partial charge in [0.1, 0.15) is 12.4 Å². The fourth-order valence-electron chi connectivity index (χ4n) is 2.54. The maximum absolute atomic E-state index is 12.4. The van der Waals surface area contributed by atoms with Crippen LogP contribution in [0.5, 0.6) is 5.75 Å². The number of benzene rings is 2. The molecule has 3 rings (SSSR count). The van der Waals surface area contributed by atoms with E-state index in [9.17, 15) is 9.59 Å². The van der Waals surface area contributed by atoms with Crippen molar-refractivity contribution in [1.82, 2.24) is 0 Å². The van der Waals surface area contributed by atoms with E-state index in [0.717, 1.165) is 16.7 Å². The molecule has 0 fully saturated rings. The van der Waals surface area contributed by atoms with Crippen LogP contribution in [-0.4, -0.2) is 31.8 Å². The molecule has 0 saturated carbocycles. The summed E-state index contributed by atoms with van der Waals surface area (Å²) in [5, 5.41) is 0. The van der Waals surface area contributed by atoms with Gasteiger partial charge < -0.3 is 9.64 Å². The molecule has 0 bridgehead atoms. The molecule has 0 spiro atoms. The summed E-state index contributed by atoms with van der Waals surface area (Å²) in [6.45, 7) is 1.42. The lowest BCUT2D eigenvalue weighted by atomic mass is 10.0. The normalized spacial score (nSPS) is 13.2. The minimum absolute atomic E-state index is 0.148. The van der Waals surface area contributed by atoms with Crippen LogP contribution in [0.15, 0.2) is 46.9 Å². The highest BCUT2D eigenvalue weighted by atomic mass is 79.9. The molecule has 0 radical (unpaired) electrons. The summed E-state index contributed by atoms with van der Waals surface area (Å²) in [5.41, 5.74) is 2.00. The van der Waals surface area contributed by atoms with E-state index in [1.165, 1.54) is 0 Å². The third-order valence-electron chi connectivity index (χ3n) is 3.84. The minimum Gasteiger partial charge on any atom is -0.490 e. The van der Waals surface area contributed by atoms with Crippen LogP contribution in [0.2, 0.25) is 0 Å². The van der Waals surface area contributed by atoms with Crippen LogP contribution in [0.3, 0.4) is 0 Å². The Labute approximate surface area is 143 Å². The molecular formula is C18H16BrNO3. The summed E-state index contributed by atoms with van der Waals surface area (Å²) in [4.78, 5) is 26.7. The molecule has 0 N–H and O–H groups in total. The second-order valence-corrected chi connectivity index (χ2v) is 6.40. The van der Waals surface area contributed by atoms with Gasteiger partial charge in [0.15, 0.2) is 11.6 Å². The van der Waals surface area contributed by atoms with Crippen LogP contribution in [-0.2, 0) is 0 Å². The predicted octanol–water partition coefficient (Wildman–Crippen LogP) is 3.73. The Hall–Kier alpha value is -2.14. The summed E-state index contributed by atoms with van der Waals surface area (Å²) in [6, 6.07) is 12.4. The predicted molar refractivity (Wildman–Crippen MR) is 92.6 cm³/mol. The highest BCUT2D eigenvalue weighted by molar-refractivity contribution is 9.10. The zero-order valence-corrected chi connectivity index (χ0v) is 14.3. The molecule has 1 aliphatic rings. The monoisotopic (exact) mass is 373 g/mol. The van der Waals surface area contributed by atoms with Gasteiger partial charge in [-0.1, -0.05) is 28.1 Å². The first kappa shape index (κ1) is 15.7. The highest BCUT2D eigenvalue weighted by Crippen LogP contribution is 2.31. The number of carbonyl (C=O) groups is 2. The lowest BCUT2D eigenvalue weighted by Gasteiger charge is -2.27. The largest absolute Gasteiger partial charge is 0.490 e. The quantitative estimate of drug-likeness (QED) is 0.604. The second kappa shape index (κ2) is 6.54. The van der Waals surface area contributed by atoms with E-state index in [1.807, 2.05) is 19.2 Å². The van der Waals surface area contributed by atoms with Crippen molar-refractivity contribution in [3.63, 3.8) is 0 Å². The zero-order chi connectivity index (χ0) is 16.4. The number of hydrogen-bond donors (Lipinski definition) is 0. The van der Waals surface area contributed by atoms with Crippen molar-refractivity contribution in [2.24, 2.45) is 0 Å². The Morgan fingerprint density at radius 2 is 1.87 bits per heavy atom. The Morgan fingerprint density at radius 3 is 2.61 bits per heavy atom. The molecule has 0 unspecified atom stereocenters.